The number of nitrogens with zero attached hydrogens (tertiary/aromatic N) is 1. The van der Waals surface area contributed by atoms with Gasteiger partial charge in [-0.3, -0.25) is 4.98 Å². The van der Waals surface area contributed by atoms with E-state index in [4.69, 9.17) is 0 Å². The summed E-state index contributed by atoms with van der Waals surface area (Å²) in [5.41, 5.74) is 0.580. The Hall–Kier alpha value is -0.960. The number of hydrogen-bond acceptors (Lipinski definition) is 2. The Balaban J connectivity index is 2.48. The molecular formula is C11H17FN2. The lowest BCUT2D eigenvalue weighted by atomic mass is 10.1. The highest BCUT2D eigenvalue weighted by molar-refractivity contribution is 5.12. The zero-order valence-corrected chi connectivity index (χ0v) is 8.92. The first kappa shape index (κ1) is 11.1. The molecule has 0 aromatic carbocycles. The number of aromatic nitrogens is 1. The summed E-state index contributed by atoms with van der Waals surface area (Å²) in [6.45, 7) is 6.38. The summed E-state index contributed by atoms with van der Waals surface area (Å²) in [5.74, 6) is 0. The highest BCUT2D eigenvalue weighted by Crippen LogP contribution is 2.15. The maximum absolute atomic E-state index is 13.6. The van der Waals surface area contributed by atoms with Gasteiger partial charge < -0.3 is 5.32 Å². The van der Waals surface area contributed by atoms with E-state index < -0.39 is 6.17 Å². The Kier molecular flexibility index (Phi) is 3.58. The van der Waals surface area contributed by atoms with Gasteiger partial charge in [-0.25, -0.2) is 4.39 Å². The maximum atomic E-state index is 13.6. The van der Waals surface area contributed by atoms with Gasteiger partial charge in [0.05, 0.1) is 0 Å². The lowest BCUT2D eigenvalue weighted by molar-refractivity contribution is 0.291. The molecule has 0 fully saturated rings. The minimum Gasteiger partial charge on any atom is -0.309 e. The molecule has 0 spiro atoms. The predicted octanol–water partition coefficient (Wildman–Crippen LogP) is 2.48. The van der Waals surface area contributed by atoms with E-state index in [1.807, 2.05) is 20.8 Å². The van der Waals surface area contributed by atoms with Crippen LogP contribution in [0.2, 0.25) is 0 Å². The molecular weight excluding hydrogens is 179 g/mol. The van der Waals surface area contributed by atoms with Gasteiger partial charge >= 0.3 is 0 Å². The molecule has 0 amide bonds. The van der Waals surface area contributed by atoms with Crippen molar-refractivity contribution < 1.29 is 4.39 Å². The predicted molar refractivity (Wildman–Crippen MR) is 55.8 cm³/mol. The molecule has 1 rings (SSSR count). The molecule has 78 valence electrons. The lowest BCUT2D eigenvalue weighted by Gasteiger charge is -2.21. The summed E-state index contributed by atoms with van der Waals surface area (Å²) in [5, 5.41) is 3.12. The van der Waals surface area contributed by atoms with E-state index in [1.54, 1.807) is 24.5 Å². The van der Waals surface area contributed by atoms with Crippen molar-refractivity contribution in [3.63, 3.8) is 0 Å². The van der Waals surface area contributed by atoms with Crippen LogP contribution in [0.1, 0.15) is 32.5 Å². The third kappa shape index (κ3) is 3.83. The number of halogens is 1. The molecule has 0 aliphatic rings. The van der Waals surface area contributed by atoms with Crippen molar-refractivity contribution in [1.29, 1.82) is 0 Å². The minimum absolute atomic E-state index is 0.0491. The molecule has 0 aliphatic heterocycles. The second-order valence-corrected chi connectivity index (χ2v) is 4.38. The van der Waals surface area contributed by atoms with E-state index in [0.717, 1.165) is 0 Å². The van der Waals surface area contributed by atoms with Crippen LogP contribution in [0, 0.1) is 0 Å². The van der Waals surface area contributed by atoms with Crippen molar-refractivity contribution in [2.75, 3.05) is 6.54 Å². The van der Waals surface area contributed by atoms with Gasteiger partial charge in [0.25, 0.3) is 0 Å². The highest BCUT2D eigenvalue weighted by atomic mass is 19.1. The third-order valence-electron chi connectivity index (χ3n) is 1.86. The number of alkyl halides is 1. The van der Waals surface area contributed by atoms with Gasteiger partial charge in [0, 0.05) is 30.0 Å². The van der Waals surface area contributed by atoms with Gasteiger partial charge in [-0.1, -0.05) is 6.07 Å². The monoisotopic (exact) mass is 196 g/mol. The smallest absolute Gasteiger partial charge is 0.139 e. The van der Waals surface area contributed by atoms with E-state index in [-0.39, 0.29) is 5.54 Å². The van der Waals surface area contributed by atoms with Crippen LogP contribution < -0.4 is 5.32 Å². The topological polar surface area (TPSA) is 24.9 Å². The first-order chi connectivity index (χ1) is 6.49. The molecule has 1 N–H and O–H groups in total. The van der Waals surface area contributed by atoms with Crippen LogP contribution in [0.5, 0.6) is 0 Å². The van der Waals surface area contributed by atoms with Gasteiger partial charge in [0.1, 0.15) is 6.17 Å². The average molecular weight is 196 g/mol. The zero-order valence-electron chi connectivity index (χ0n) is 8.92. The fourth-order valence-corrected chi connectivity index (χ4v) is 1.07. The van der Waals surface area contributed by atoms with Crippen molar-refractivity contribution >= 4 is 0 Å². The van der Waals surface area contributed by atoms with E-state index in [1.165, 1.54) is 0 Å². The first-order valence-corrected chi connectivity index (χ1v) is 4.78. The summed E-state index contributed by atoms with van der Waals surface area (Å²) in [7, 11) is 0. The van der Waals surface area contributed by atoms with Crippen molar-refractivity contribution in [2.24, 2.45) is 0 Å². The Morgan fingerprint density at radius 3 is 2.71 bits per heavy atom. The fraction of sp³-hybridized carbons (Fsp3) is 0.545. The van der Waals surface area contributed by atoms with Crippen molar-refractivity contribution in [3.8, 4) is 0 Å². The zero-order chi connectivity index (χ0) is 10.6. The van der Waals surface area contributed by atoms with Gasteiger partial charge in [0.15, 0.2) is 0 Å². The number of pyridine rings is 1. The van der Waals surface area contributed by atoms with Crippen molar-refractivity contribution in [2.45, 2.75) is 32.5 Å². The highest BCUT2D eigenvalue weighted by Gasteiger charge is 2.14. The van der Waals surface area contributed by atoms with E-state index >= 15 is 0 Å². The van der Waals surface area contributed by atoms with Crippen LogP contribution >= 0.6 is 0 Å². The minimum atomic E-state index is -0.983. The Bertz CT molecular complexity index is 266. The SMILES string of the molecule is CC(C)(C)NCC(F)c1cccnc1. The molecule has 1 atom stereocenters. The van der Waals surface area contributed by atoms with Crippen LogP contribution in [0.25, 0.3) is 0 Å². The summed E-state index contributed by atoms with van der Waals surface area (Å²) >= 11 is 0. The number of hydrogen-bond donors (Lipinski definition) is 1. The molecule has 0 saturated carbocycles. The fourth-order valence-electron chi connectivity index (χ4n) is 1.07. The molecule has 2 nitrogen and oxygen atoms in total. The Labute approximate surface area is 84.6 Å². The molecule has 1 heterocycles. The van der Waals surface area contributed by atoms with E-state index in [0.29, 0.717) is 12.1 Å². The standard InChI is InChI=1S/C11H17FN2/c1-11(2,3)14-8-10(12)9-5-4-6-13-7-9/h4-7,10,14H,8H2,1-3H3. The molecule has 1 aromatic rings. The van der Waals surface area contributed by atoms with Gasteiger partial charge in [-0.15, -0.1) is 0 Å². The van der Waals surface area contributed by atoms with Gasteiger partial charge in [-0.2, -0.15) is 0 Å². The molecule has 0 aliphatic carbocycles. The molecule has 0 bridgehead atoms. The average Bonchev–Trinajstić information content (AvgIpc) is 2.14. The Morgan fingerprint density at radius 2 is 2.21 bits per heavy atom. The molecule has 0 saturated heterocycles. The molecule has 14 heavy (non-hydrogen) atoms. The number of rotatable bonds is 3. The maximum Gasteiger partial charge on any atom is 0.139 e. The lowest BCUT2D eigenvalue weighted by Crippen LogP contribution is -2.37. The third-order valence-corrected chi connectivity index (χ3v) is 1.86. The van der Waals surface area contributed by atoms with E-state index in [9.17, 15) is 4.39 Å². The summed E-state index contributed by atoms with van der Waals surface area (Å²) in [4.78, 5) is 3.88. The van der Waals surface area contributed by atoms with Crippen LogP contribution in [0.3, 0.4) is 0 Å². The first-order valence-electron chi connectivity index (χ1n) is 4.78. The molecule has 1 aromatic heterocycles. The second kappa shape index (κ2) is 4.51. The molecule has 0 radical (unpaired) electrons. The second-order valence-electron chi connectivity index (χ2n) is 4.38. The summed E-state index contributed by atoms with van der Waals surface area (Å²) in [6.07, 6.45) is 2.23. The van der Waals surface area contributed by atoms with E-state index in [2.05, 4.69) is 10.3 Å². The number of nitrogens with one attached hydrogen (secondary N) is 1. The summed E-state index contributed by atoms with van der Waals surface area (Å²) in [6, 6.07) is 3.50. The van der Waals surface area contributed by atoms with Crippen LogP contribution in [0.4, 0.5) is 4.39 Å². The summed E-state index contributed by atoms with van der Waals surface area (Å²) < 4.78 is 13.6. The largest absolute Gasteiger partial charge is 0.309 e. The van der Waals surface area contributed by atoms with Crippen molar-refractivity contribution in [3.05, 3.63) is 30.1 Å². The van der Waals surface area contributed by atoms with Crippen molar-refractivity contribution in [1.82, 2.24) is 10.3 Å². The quantitative estimate of drug-likeness (QED) is 0.803. The van der Waals surface area contributed by atoms with Gasteiger partial charge in [-0.05, 0) is 26.8 Å². The molecule has 1 unspecified atom stereocenters. The molecule has 3 heteroatoms. The van der Waals surface area contributed by atoms with Crippen LogP contribution in [-0.4, -0.2) is 17.1 Å². The normalized spacial score (nSPS) is 14.0. The Morgan fingerprint density at radius 1 is 1.50 bits per heavy atom. The van der Waals surface area contributed by atoms with Crippen LogP contribution in [0.15, 0.2) is 24.5 Å². The van der Waals surface area contributed by atoms with Gasteiger partial charge in [0.2, 0.25) is 0 Å². The van der Waals surface area contributed by atoms with Crippen LogP contribution in [-0.2, 0) is 0 Å².